The molecule has 0 saturated carbocycles. The van der Waals surface area contributed by atoms with Gasteiger partial charge in [-0.25, -0.2) is 4.79 Å². The topological polar surface area (TPSA) is 134 Å². The standard InChI is InChI=1S/C21H21N5O4/c22-14-2-1-3-15(9-14)24-21(30)23-10-12-4-5-16-13(8-12)11-26(20(16)29)17-6-7-18(27)25-19(17)28/h1-5,8-9,17H,6-7,10-11,22H2,(H2,23,24,30)(H,25,27,28). The minimum Gasteiger partial charge on any atom is -0.399 e. The zero-order chi connectivity index (χ0) is 21.3. The van der Waals surface area contributed by atoms with Crippen LogP contribution in [0.3, 0.4) is 0 Å². The predicted molar refractivity (Wildman–Crippen MR) is 109 cm³/mol. The quantitative estimate of drug-likeness (QED) is 0.448. The van der Waals surface area contributed by atoms with E-state index in [0.29, 0.717) is 29.9 Å². The lowest BCUT2D eigenvalue weighted by atomic mass is 10.0. The van der Waals surface area contributed by atoms with Gasteiger partial charge in [-0.2, -0.15) is 0 Å². The molecule has 1 atom stereocenters. The van der Waals surface area contributed by atoms with Crippen LogP contribution in [0.15, 0.2) is 42.5 Å². The minimum absolute atomic E-state index is 0.216. The fourth-order valence-electron chi connectivity index (χ4n) is 3.71. The van der Waals surface area contributed by atoms with E-state index in [1.165, 1.54) is 4.90 Å². The SMILES string of the molecule is Nc1cccc(NC(=O)NCc2ccc3c(c2)CN(C2CCC(=O)NC2=O)C3=O)c1. The first-order valence-electron chi connectivity index (χ1n) is 9.57. The molecular formula is C21H21N5O4. The van der Waals surface area contributed by atoms with Crippen LogP contribution >= 0.6 is 0 Å². The maximum Gasteiger partial charge on any atom is 0.319 e. The molecule has 1 saturated heterocycles. The zero-order valence-electron chi connectivity index (χ0n) is 16.1. The summed E-state index contributed by atoms with van der Waals surface area (Å²) in [7, 11) is 0. The van der Waals surface area contributed by atoms with Crippen LogP contribution in [0.2, 0.25) is 0 Å². The van der Waals surface area contributed by atoms with Gasteiger partial charge in [-0.15, -0.1) is 0 Å². The van der Waals surface area contributed by atoms with Crippen LogP contribution in [0.1, 0.15) is 34.3 Å². The molecule has 0 radical (unpaired) electrons. The normalized spacial score (nSPS) is 18.1. The van der Waals surface area contributed by atoms with E-state index in [0.717, 1.165) is 11.1 Å². The number of piperidine rings is 1. The van der Waals surface area contributed by atoms with Gasteiger partial charge in [-0.3, -0.25) is 19.7 Å². The molecule has 2 aromatic carbocycles. The van der Waals surface area contributed by atoms with E-state index in [2.05, 4.69) is 16.0 Å². The molecule has 154 valence electrons. The fraction of sp³-hybridized carbons (Fsp3) is 0.238. The molecule has 2 aliphatic heterocycles. The van der Waals surface area contributed by atoms with Gasteiger partial charge in [-0.1, -0.05) is 18.2 Å². The highest BCUT2D eigenvalue weighted by molar-refractivity contribution is 6.05. The number of urea groups is 1. The first-order chi connectivity index (χ1) is 14.4. The van der Waals surface area contributed by atoms with Crippen LogP contribution in [0.5, 0.6) is 0 Å². The van der Waals surface area contributed by atoms with Crippen molar-refractivity contribution in [3.63, 3.8) is 0 Å². The molecule has 0 aliphatic carbocycles. The number of nitrogens with zero attached hydrogens (tertiary/aromatic N) is 1. The van der Waals surface area contributed by atoms with Crippen LogP contribution in [-0.2, 0) is 22.7 Å². The van der Waals surface area contributed by atoms with Crippen LogP contribution in [0.4, 0.5) is 16.2 Å². The molecule has 1 unspecified atom stereocenters. The summed E-state index contributed by atoms with van der Waals surface area (Å²) in [5, 5.41) is 7.76. The summed E-state index contributed by atoms with van der Waals surface area (Å²) in [5.41, 5.74) is 9.00. The van der Waals surface area contributed by atoms with Gasteiger partial charge in [0.25, 0.3) is 5.91 Å². The van der Waals surface area contributed by atoms with E-state index >= 15 is 0 Å². The number of hydrogen-bond acceptors (Lipinski definition) is 5. The van der Waals surface area contributed by atoms with Gasteiger partial charge in [0.05, 0.1) is 0 Å². The van der Waals surface area contributed by atoms with E-state index in [1.54, 1.807) is 36.4 Å². The molecule has 2 heterocycles. The van der Waals surface area contributed by atoms with Gasteiger partial charge >= 0.3 is 6.03 Å². The Balaban J connectivity index is 1.38. The van der Waals surface area contributed by atoms with Gasteiger partial charge in [0.2, 0.25) is 11.8 Å². The number of nitrogen functional groups attached to an aromatic ring is 1. The Morgan fingerprint density at radius 2 is 2.00 bits per heavy atom. The van der Waals surface area contributed by atoms with E-state index < -0.39 is 11.9 Å². The highest BCUT2D eigenvalue weighted by Crippen LogP contribution is 2.28. The number of hydrogen-bond donors (Lipinski definition) is 4. The molecule has 0 spiro atoms. The molecule has 4 rings (SSSR count). The number of benzene rings is 2. The van der Waals surface area contributed by atoms with Crippen LogP contribution in [-0.4, -0.2) is 34.7 Å². The van der Waals surface area contributed by atoms with Crippen molar-refractivity contribution >= 4 is 35.1 Å². The second-order valence-electron chi connectivity index (χ2n) is 7.32. The molecule has 0 bridgehead atoms. The largest absolute Gasteiger partial charge is 0.399 e. The molecule has 2 aromatic rings. The van der Waals surface area contributed by atoms with Crippen molar-refractivity contribution in [3.05, 3.63) is 59.2 Å². The summed E-state index contributed by atoms with van der Waals surface area (Å²) in [6.45, 7) is 0.567. The third-order valence-electron chi connectivity index (χ3n) is 5.19. The summed E-state index contributed by atoms with van der Waals surface area (Å²) in [6, 6.07) is 11.2. The Bertz CT molecular complexity index is 1050. The Labute approximate surface area is 172 Å². The van der Waals surface area contributed by atoms with Gasteiger partial charge in [0, 0.05) is 36.4 Å². The van der Waals surface area contributed by atoms with Gasteiger partial charge in [-0.05, 0) is 41.8 Å². The molecule has 0 aromatic heterocycles. The average Bonchev–Trinajstić information content (AvgIpc) is 3.02. The van der Waals surface area contributed by atoms with Gasteiger partial charge in [0.15, 0.2) is 0 Å². The Kier molecular flexibility index (Phi) is 5.09. The van der Waals surface area contributed by atoms with E-state index in [-0.39, 0.29) is 30.8 Å². The molecule has 9 heteroatoms. The average molecular weight is 407 g/mol. The monoisotopic (exact) mass is 407 g/mol. The Hall–Kier alpha value is -3.88. The number of nitrogens with two attached hydrogens (primary N) is 1. The van der Waals surface area contributed by atoms with E-state index in [4.69, 9.17) is 5.73 Å². The second-order valence-corrected chi connectivity index (χ2v) is 7.32. The van der Waals surface area contributed by atoms with Gasteiger partial charge in [0.1, 0.15) is 6.04 Å². The molecule has 5 N–H and O–H groups in total. The second kappa shape index (κ2) is 7.86. The number of imide groups is 1. The minimum atomic E-state index is -0.645. The zero-order valence-corrected chi connectivity index (χ0v) is 16.1. The number of amides is 5. The maximum atomic E-state index is 12.7. The van der Waals surface area contributed by atoms with Crippen molar-refractivity contribution < 1.29 is 19.2 Å². The number of carbonyl (C=O) groups excluding carboxylic acids is 4. The van der Waals surface area contributed by atoms with Crippen molar-refractivity contribution in [1.82, 2.24) is 15.5 Å². The number of rotatable bonds is 4. The number of carbonyl (C=O) groups is 4. The first-order valence-corrected chi connectivity index (χ1v) is 9.57. The lowest BCUT2D eigenvalue weighted by molar-refractivity contribution is -0.136. The molecule has 9 nitrogen and oxygen atoms in total. The van der Waals surface area contributed by atoms with Crippen molar-refractivity contribution in [2.75, 3.05) is 11.1 Å². The summed E-state index contributed by atoms with van der Waals surface area (Å²) in [4.78, 5) is 49.8. The van der Waals surface area contributed by atoms with Crippen molar-refractivity contribution in [2.24, 2.45) is 0 Å². The number of anilines is 2. The highest BCUT2D eigenvalue weighted by Gasteiger charge is 2.39. The highest BCUT2D eigenvalue weighted by atomic mass is 16.2. The molecule has 2 aliphatic rings. The van der Waals surface area contributed by atoms with Crippen LogP contribution in [0, 0.1) is 0 Å². The number of nitrogens with one attached hydrogen (secondary N) is 3. The maximum absolute atomic E-state index is 12.7. The van der Waals surface area contributed by atoms with Gasteiger partial charge < -0.3 is 21.3 Å². The lowest BCUT2D eigenvalue weighted by Crippen LogP contribution is -2.52. The summed E-state index contributed by atoms with van der Waals surface area (Å²) in [5.74, 6) is -0.976. The van der Waals surface area contributed by atoms with Crippen molar-refractivity contribution in [1.29, 1.82) is 0 Å². The molecule has 5 amide bonds. The Morgan fingerprint density at radius 3 is 2.77 bits per heavy atom. The number of fused-ring (bicyclic) bond motifs is 1. The van der Waals surface area contributed by atoms with Crippen molar-refractivity contribution in [3.8, 4) is 0 Å². The molecule has 1 fully saturated rings. The smallest absolute Gasteiger partial charge is 0.319 e. The molecule has 30 heavy (non-hydrogen) atoms. The predicted octanol–water partition coefficient (Wildman–Crippen LogP) is 1.35. The molecular weight excluding hydrogens is 386 g/mol. The third kappa shape index (κ3) is 3.95. The lowest BCUT2D eigenvalue weighted by Gasteiger charge is -2.29. The van der Waals surface area contributed by atoms with Crippen LogP contribution in [0.25, 0.3) is 0 Å². The van der Waals surface area contributed by atoms with Crippen LogP contribution < -0.4 is 21.7 Å². The summed E-state index contributed by atoms with van der Waals surface area (Å²) >= 11 is 0. The fourth-order valence-corrected chi connectivity index (χ4v) is 3.71. The summed E-state index contributed by atoms with van der Waals surface area (Å²) in [6.07, 6.45) is 0.539. The third-order valence-corrected chi connectivity index (χ3v) is 5.19. The van der Waals surface area contributed by atoms with Crippen molar-refractivity contribution in [2.45, 2.75) is 32.0 Å². The Morgan fingerprint density at radius 1 is 1.17 bits per heavy atom. The summed E-state index contributed by atoms with van der Waals surface area (Å²) < 4.78 is 0. The first kappa shape index (κ1) is 19.4. The van der Waals surface area contributed by atoms with E-state index in [9.17, 15) is 19.2 Å². The van der Waals surface area contributed by atoms with E-state index in [1.807, 2.05) is 6.07 Å².